The topological polar surface area (TPSA) is 53.6 Å². The number of ether oxygens (including phenoxy) is 1. The molecule has 0 aromatic heterocycles. The van der Waals surface area contributed by atoms with Gasteiger partial charge in [-0.1, -0.05) is 0 Å². The van der Waals surface area contributed by atoms with Crippen molar-refractivity contribution >= 4 is 5.91 Å². The van der Waals surface area contributed by atoms with Crippen LogP contribution < -0.4 is 10.6 Å². The third kappa shape index (κ3) is 4.92. The molecular formula is C13H25N3O2. The quantitative estimate of drug-likeness (QED) is 0.700. The highest BCUT2D eigenvalue weighted by atomic mass is 16.5. The molecule has 0 aliphatic carbocycles. The van der Waals surface area contributed by atoms with Crippen LogP contribution in [0.25, 0.3) is 0 Å². The third-order valence-corrected chi connectivity index (χ3v) is 3.74. The van der Waals surface area contributed by atoms with Crippen LogP contribution >= 0.6 is 0 Å². The maximum absolute atomic E-state index is 11.7. The molecule has 5 heteroatoms. The highest BCUT2D eigenvalue weighted by molar-refractivity contribution is 5.75. The van der Waals surface area contributed by atoms with Crippen LogP contribution in [0.4, 0.5) is 0 Å². The molecule has 5 nitrogen and oxygen atoms in total. The van der Waals surface area contributed by atoms with Crippen molar-refractivity contribution in [1.82, 2.24) is 15.5 Å². The first-order valence-electron chi connectivity index (χ1n) is 7.15. The first kappa shape index (κ1) is 13.8. The van der Waals surface area contributed by atoms with Gasteiger partial charge in [-0.05, 0) is 25.8 Å². The van der Waals surface area contributed by atoms with E-state index in [1.807, 2.05) is 0 Å². The summed E-state index contributed by atoms with van der Waals surface area (Å²) in [4.78, 5) is 14.0. The second-order valence-electron chi connectivity index (χ2n) is 5.14. The Morgan fingerprint density at radius 3 is 2.94 bits per heavy atom. The van der Waals surface area contributed by atoms with Gasteiger partial charge in [0.25, 0.3) is 0 Å². The van der Waals surface area contributed by atoms with Crippen molar-refractivity contribution in [2.75, 3.05) is 45.9 Å². The summed E-state index contributed by atoms with van der Waals surface area (Å²) < 4.78 is 5.29. The average molecular weight is 255 g/mol. The van der Waals surface area contributed by atoms with E-state index in [-0.39, 0.29) is 5.91 Å². The van der Waals surface area contributed by atoms with Crippen LogP contribution in [0.15, 0.2) is 0 Å². The van der Waals surface area contributed by atoms with Crippen LogP contribution in [0, 0.1) is 0 Å². The van der Waals surface area contributed by atoms with Gasteiger partial charge in [0.05, 0.1) is 13.2 Å². The zero-order valence-corrected chi connectivity index (χ0v) is 11.1. The van der Waals surface area contributed by atoms with Crippen molar-refractivity contribution in [3.8, 4) is 0 Å². The number of rotatable bonds is 6. The zero-order valence-electron chi connectivity index (χ0n) is 11.1. The molecule has 0 spiro atoms. The molecule has 1 amide bonds. The Morgan fingerprint density at radius 2 is 2.22 bits per heavy atom. The number of amides is 1. The molecule has 2 aliphatic heterocycles. The van der Waals surface area contributed by atoms with Crippen LogP contribution in [0.2, 0.25) is 0 Å². The Morgan fingerprint density at radius 1 is 1.39 bits per heavy atom. The summed E-state index contributed by atoms with van der Waals surface area (Å²) in [6, 6.07) is 0.565. The summed E-state index contributed by atoms with van der Waals surface area (Å²) >= 11 is 0. The van der Waals surface area contributed by atoms with Gasteiger partial charge in [-0.3, -0.25) is 9.69 Å². The number of nitrogens with one attached hydrogen (secondary N) is 2. The lowest BCUT2D eigenvalue weighted by atomic mass is 10.1. The molecule has 1 unspecified atom stereocenters. The fraction of sp³-hybridized carbons (Fsp3) is 0.923. The van der Waals surface area contributed by atoms with Gasteiger partial charge < -0.3 is 15.4 Å². The van der Waals surface area contributed by atoms with Gasteiger partial charge in [-0.2, -0.15) is 0 Å². The molecule has 2 rings (SSSR count). The number of carbonyl (C=O) groups is 1. The summed E-state index contributed by atoms with van der Waals surface area (Å²) in [7, 11) is 0. The molecule has 1 atom stereocenters. The van der Waals surface area contributed by atoms with Crippen molar-refractivity contribution in [1.29, 1.82) is 0 Å². The Bertz CT molecular complexity index is 249. The van der Waals surface area contributed by atoms with Crippen LogP contribution in [0.3, 0.4) is 0 Å². The Labute approximate surface area is 109 Å². The second-order valence-corrected chi connectivity index (χ2v) is 5.14. The zero-order chi connectivity index (χ0) is 12.6. The van der Waals surface area contributed by atoms with Crippen LogP contribution in [-0.2, 0) is 9.53 Å². The molecule has 104 valence electrons. The van der Waals surface area contributed by atoms with Gasteiger partial charge in [0.15, 0.2) is 0 Å². The van der Waals surface area contributed by atoms with E-state index in [9.17, 15) is 4.79 Å². The fourth-order valence-corrected chi connectivity index (χ4v) is 2.58. The molecule has 0 bridgehead atoms. The average Bonchev–Trinajstić information content (AvgIpc) is 2.91. The van der Waals surface area contributed by atoms with Crippen LogP contribution in [-0.4, -0.2) is 62.8 Å². The maximum Gasteiger partial charge on any atom is 0.220 e. The molecule has 0 radical (unpaired) electrons. The lowest BCUT2D eigenvalue weighted by Gasteiger charge is -2.26. The second kappa shape index (κ2) is 7.71. The molecular weight excluding hydrogens is 230 g/mol. The van der Waals surface area contributed by atoms with Crippen molar-refractivity contribution in [3.63, 3.8) is 0 Å². The van der Waals surface area contributed by atoms with Crippen LogP contribution in [0.5, 0.6) is 0 Å². The van der Waals surface area contributed by atoms with E-state index < -0.39 is 0 Å². The summed E-state index contributed by atoms with van der Waals surface area (Å²) in [5.41, 5.74) is 0. The summed E-state index contributed by atoms with van der Waals surface area (Å²) in [5, 5.41) is 6.42. The lowest BCUT2D eigenvalue weighted by molar-refractivity contribution is -0.121. The number of hydrogen-bond donors (Lipinski definition) is 2. The Kier molecular flexibility index (Phi) is 5.90. The SMILES string of the molecule is O=C(CCC1CCCN1)NCCN1CCOCC1. The van der Waals surface area contributed by atoms with Gasteiger partial charge >= 0.3 is 0 Å². The predicted molar refractivity (Wildman–Crippen MR) is 70.5 cm³/mol. The van der Waals surface area contributed by atoms with E-state index in [0.29, 0.717) is 12.5 Å². The minimum Gasteiger partial charge on any atom is -0.379 e. The predicted octanol–water partition coefficient (Wildman–Crippen LogP) is -0.0330. The molecule has 2 saturated heterocycles. The van der Waals surface area contributed by atoms with Crippen molar-refractivity contribution in [2.45, 2.75) is 31.7 Å². The van der Waals surface area contributed by atoms with Crippen molar-refractivity contribution in [2.24, 2.45) is 0 Å². The van der Waals surface area contributed by atoms with Crippen molar-refractivity contribution < 1.29 is 9.53 Å². The first-order chi connectivity index (χ1) is 8.84. The number of nitrogens with zero attached hydrogens (tertiary/aromatic N) is 1. The van der Waals surface area contributed by atoms with E-state index in [0.717, 1.165) is 52.4 Å². The normalized spacial score (nSPS) is 25.2. The molecule has 2 N–H and O–H groups in total. The largest absolute Gasteiger partial charge is 0.379 e. The summed E-state index contributed by atoms with van der Waals surface area (Å²) in [6.45, 7) is 6.43. The molecule has 0 aromatic rings. The Hall–Kier alpha value is -0.650. The monoisotopic (exact) mass is 255 g/mol. The number of morpholine rings is 1. The van der Waals surface area contributed by atoms with E-state index in [4.69, 9.17) is 4.74 Å². The highest BCUT2D eigenvalue weighted by Crippen LogP contribution is 2.10. The molecule has 18 heavy (non-hydrogen) atoms. The molecule has 2 heterocycles. The standard InChI is InChI=1S/C13H25N3O2/c17-13(4-3-12-2-1-5-14-12)15-6-7-16-8-10-18-11-9-16/h12,14H,1-11H2,(H,15,17). The van der Waals surface area contributed by atoms with Crippen LogP contribution in [0.1, 0.15) is 25.7 Å². The van der Waals surface area contributed by atoms with Gasteiger partial charge in [0, 0.05) is 38.6 Å². The molecule has 0 saturated carbocycles. The molecule has 2 fully saturated rings. The summed E-state index contributed by atoms with van der Waals surface area (Å²) in [6.07, 6.45) is 4.11. The number of hydrogen-bond acceptors (Lipinski definition) is 4. The minimum atomic E-state index is 0.192. The summed E-state index contributed by atoms with van der Waals surface area (Å²) in [5.74, 6) is 0.192. The van der Waals surface area contributed by atoms with Gasteiger partial charge in [0.2, 0.25) is 5.91 Å². The van der Waals surface area contributed by atoms with Crippen molar-refractivity contribution in [3.05, 3.63) is 0 Å². The first-order valence-corrected chi connectivity index (χ1v) is 7.15. The van der Waals surface area contributed by atoms with E-state index in [1.165, 1.54) is 12.8 Å². The third-order valence-electron chi connectivity index (χ3n) is 3.74. The van der Waals surface area contributed by atoms with E-state index >= 15 is 0 Å². The minimum absolute atomic E-state index is 0.192. The smallest absolute Gasteiger partial charge is 0.220 e. The van der Waals surface area contributed by atoms with Gasteiger partial charge in [-0.25, -0.2) is 0 Å². The van der Waals surface area contributed by atoms with Gasteiger partial charge in [0.1, 0.15) is 0 Å². The maximum atomic E-state index is 11.7. The van der Waals surface area contributed by atoms with E-state index in [2.05, 4.69) is 15.5 Å². The Balaban J connectivity index is 1.48. The van der Waals surface area contributed by atoms with Gasteiger partial charge in [-0.15, -0.1) is 0 Å². The number of carbonyl (C=O) groups excluding carboxylic acids is 1. The molecule has 0 aromatic carbocycles. The molecule has 2 aliphatic rings. The fourth-order valence-electron chi connectivity index (χ4n) is 2.58. The highest BCUT2D eigenvalue weighted by Gasteiger charge is 2.15. The van der Waals surface area contributed by atoms with E-state index in [1.54, 1.807) is 0 Å². The lowest BCUT2D eigenvalue weighted by Crippen LogP contribution is -2.41.